The third-order valence-corrected chi connectivity index (χ3v) is 6.12. The number of aliphatic imine (C=N–C) groups is 1. The van der Waals surface area contributed by atoms with Crippen LogP contribution in [0.5, 0.6) is 0 Å². The highest BCUT2D eigenvalue weighted by atomic mass is 32.1. The van der Waals surface area contributed by atoms with E-state index in [1.165, 1.54) is 24.0 Å². The molecule has 3 aromatic rings. The predicted molar refractivity (Wildman–Crippen MR) is 115 cm³/mol. The summed E-state index contributed by atoms with van der Waals surface area (Å²) < 4.78 is 0. The Hall–Kier alpha value is -2.70. The number of nitrogens with zero attached hydrogens (tertiary/aromatic N) is 2. The number of fused-ring (bicyclic) bond motifs is 1. The fraction of sp³-hybridized carbons (Fsp3) is 0.273. The fourth-order valence-electron chi connectivity index (χ4n) is 3.67. The van der Waals surface area contributed by atoms with Crippen LogP contribution in [0.2, 0.25) is 0 Å². The van der Waals surface area contributed by atoms with E-state index in [1.54, 1.807) is 17.5 Å². The minimum atomic E-state index is -0.657. The highest BCUT2D eigenvalue weighted by Crippen LogP contribution is 2.42. The molecule has 1 saturated carbocycles. The number of pyridine rings is 1. The van der Waals surface area contributed by atoms with Crippen molar-refractivity contribution in [3.8, 4) is 11.1 Å². The Balaban J connectivity index is 1.54. The molecule has 28 heavy (non-hydrogen) atoms. The molecule has 5 nitrogen and oxygen atoms in total. The number of hydrogen-bond donors (Lipinski definition) is 3. The molecule has 1 aromatic carbocycles. The van der Waals surface area contributed by atoms with Crippen LogP contribution in [-0.4, -0.2) is 16.6 Å². The van der Waals surface area contributed by atoms with Crippen molar-refractivity contribution >= 4 is 22.2 Å². The lowest BCUT2D eigenvalue weighted by molar-refractivity contribution is 0.389. The van der Waals surface area contributed by atoms with Crippen LogP contribution in [0.25, 0.3) is 11.1 Å². The number of rotatable bonds is 5. The van der Waals surface area contributed by atoms with Gasteiger partial charge in [-0.3, -0.25) is 15.7 Å². The number of anilines is 1. The number of benzene rings is 1. The van der Waals surface area contributed by atoms with Crippen LogP contribution < -0.4 is 16.4 Å². The molecule has 1 fully saturated rings. The zero-order valence-corrected chi connectivity index (χ0v) is 16.4. The summed E-state index contributed by atoms with van der Waals surface area (Å²) in [5.74, 6) is 0.885. The third kappa shape index (κ3) is 3.53. The molecule has 2 aromatic heterocycles. The van der Waals surface area contributed by atoms with Crippen LogP contribution in [0.1, 0.15) is 30.5 Å². The number of nitrogens with two attached hydrogens (primary N) is 1. The molecule has 1 aliphatic heterocycles. The first kappa shape index (κ1) is 17.4. The van der Waals surface area contributed by atoms with E-state index in [2.05, 4.69) is 45.3 Å². The predicted octanol–water partition coefficient (Wildman–Crippen LogP) is 4.18. The van der Waals surface area contributed by atoms with Gasteiger partial charge in [0.15, 0.2) is 5.79 Å². The molecule has 0 amide bonds. The van der Waals surface area contributed by atoms with Gasteiger partial charge in [-0.1, -0.05) is 36.4 Å². The summed E-state index contributed by atoms with van der Waals surface area (Å²) in [6.07, 6.45) is 5.22. The molecule has 0 spiro atoms. The van der Waals surface area contributed by atoms with Gasteiger partial charge in [0.25, 0.3) is 0 Å². The second kappa shape index (κ2) is 7.04. The average Bonchev–Trinajstić information content (AvgIpc) is 3.42. The Kier molecular flexibility index (Phi) is 4.37. The van der Waals surface area contributed by atoms with Crippen LogP contribution in [0.3, 0.4) is 0 Å². The molecule has 0 bridgehead atoms. The van der Waals surface area contributed by atoms with Crippen molar-refractivity contribution in [3.05, 3.63) is 71.4 Å². The van der Waals surface area contributed by atoms with Gasteiger partial charge in [-0.25, -0.2) is 0 Å². The average molecular weight is 390 g/mol. The summed E-state index contributed by atoms with van der Waals surface area (Å²) in [7, 11) is 0. The Morgan fingerprint density at radius 1 is 1.11 bits per heavy atom. The van der Waals surface area contributed by atoms with Gasteiger partial charge in [0, 0.05) is 23.6 Å². The summed E-state index contributed by atoms with van der Waals surface area (Å²) in [6.45, 7) is 0.520. The lowest BCUT2D eigenvalue weighted by Gasteiger charge is -2.38. The molecule has 1 aliphatic carbocycles. The van der Waals surface area contributed by atoms with E-state index >= 15 is 0 Å². The van der Waals surface area contributed by atoms with Crippen molar-refractivity contribution in [3.63, 3.8) is 0 Å². The van der Waals surface area contributed by atoms with E-state index in [0.717, 1.165) is 28.5 Å². The van der Waals surface area contributed by atoms with Crippen molar-refractivity contribution in [1.82, 2.24) is 10.3 Å². The quantitative estimate of drug-likeness (QED) is 0.612. The van der Waals surface area contributed by atoms with Gasteiger partial charge in [0.1, 0.15) is 10.8 Å². The van der Waals surface area contributed by atoms with Gasteiger partial charge >= 0.3 is 0 Å². The second-order valence-corrected chi connectivity index (χ2v) is 8.45. The largest absolute Gasteiger partial charge is 0.342 e. The van der Waals surface area contributed by atoms with E-state index < -0.39 is 5.79 Å². The van der Waals surface area contributed by atoms with E-state index in [1.807, 2.05) is 24.3 Å². The van der Waals surface area contributed by atoms with Crippen molar-refractivity contribution in [1.29, 1.82) is 0 Å². The highest BCUT2D eigenvalue weighted by Gasteiger charge is 2.39. The number of aromatic nitrogens is 1. The van der Waals surface area contributed by atoms with Gasteiger partial charge in [0.05, 0.1) is 17.8 Å². The molecule has 1 unspecified atom stereocenters. The number of thiophene rings is 1. The zero-order chi connectivity index (χ0) is 19.0. The lowest BCUT2D eigenvalue weighted by Crippen LogP contribution is -2.64. The minimum Gasteiger partial charge on any atom is -0.342 e. The summed E-state index contributed by atoms with van der Waals surface area (Å²) >= 11 is 1.69. The second-order valence-electron chi connectivity index (χ2n) is 7.57. The van der Waals surface area contributed by atoms with Crippen LogP contribution in [0.15, 0.2) is 65.1 Å². The molecular formula is C22H23N5S. The normalized spacial score (nSPS) is 22.4. The summed E-state index contributed by atoms with van der Waals surface area (Å²) in [4.78, 5) is 9.31. The fourth-order valence-corrected chi connectivity index (χ4v) is 4.73. The van der Waals surface area contributed by atoms with E-state index in [-0.39, 0.29) is 0 Å². The molecule has 4 N–H and O–H groups in total. The number of amidine groups is 1. The van der Waals surface area contributed by atoms with Crippen LogP contribution >= 0.6 is 11.3 Å². The van der Waals surface area contributed by atoms with Crippen molar-refractivity contribution < 1.29 is 0 Å². The minimum absolute atomic E-state index is 0.520. The lowest BCUT2D eigenvalue weighted by atomic mass is 10.00. The maximum atomic E-state index is 6.71. The van der Waals surface area contributed by atoms with E-state index in [0.29, 0.717) is 12.5 Å². The first-order valence-corrected chi connectivity index (χ1v) is 10.5. The third-order valence-electron chi connectivity index (χ3n) is 5.22. The van der Waals surface area contributed by atoms with Gasteiger partial charge in [-0.15, -0.1) is 11.3 Å². The number of hydrogen-bond acceptors (Lipinski definition) is 5. The maximum absolute atomic E-state index is 6.71. The molecule has 6 heteroatoms. The zero-order valence-electron chi connectivity index (χ0n) is 15.6. The van der Waals surface area contributed by atoms with Gasteiger partial charge < -0.3 is 10.6 Å². The van der Waals surface area contributed by atoms with Crippen LogP contribution in [-0.2, 0) is 6.54 Å². The van der Waals surface area contributed by atoms with Crippen molar-refractivity contribution in [2.75, 3.05) is 5.32 Å². The summed E-state index contributed by atoms with van der Waals surface area (Å²) in [5.41, 5.74) is 11.1. The molecule has 2 aliphatic rings. The Morgan fingerprint density at radius 2 is 1.93 bits per heavy atom. The molecule has 5 rings (SSSR count). The first-order valence-electron chi connectivity index (χ1n) is 9.67. The van der Waals surface area contributed by atoms with Crippen LogP contribution in [0, 0.1) is 5.92 Å². The molecule has 3 heterocycles. The monoisotopic (exact) mass is 389 g/mol. The highest BCUT2D eigenvalue weighted by molar-refractivity contribution is 7.15. The number of nitrogens with one attached hydrogen (secondary N) is 2. The van der Waals surface area contributed by atoms with Gasteiger partial charge in [-0.05, 0) is 36.5 Å². The van der Waals surface area contributed by atoms with Crippen molar-refractivity contribution in [2.24, 2.45) is 16.6 Å². The first-order chi connectivity index (χ1) is 13.7. The molecule has 1 atom stereocenters. The van der Waals surface area contributed by atoms with Gasteiger partial charge in [-0.2, -0.15) is 0 Å². The van der Waals surface area contributed by atoms with E-state index in [4.69, 9.17) is 10.7 Å². The Labute approximate surface area is 168 Å². The molecule has 0 saturated heterocycles. The Bertz CT molecular complexity index is 994. The summed E-state index contributed by atoms with van der Waals surface area (Å²) in [6, 6.07) is 16.3. The Morgan fingerprint density at radius 3 is 2.68 bits per heavy atom. The molecule has 0 radical (unpaired) electrons. The SMILES string of the molecule is NC1(CC2CC2)NC(=NCc2ccccn2)c2c(-c3ccccc3)csc2N1. The van der Waals surface area contributed by atoms with Gasteiger partial charge in [0.2, 0.25) is 0 Å². The summed E-state index contributed by atoms with van der Waals surface area (Å²) in [5, 5.41) is 10.3. The van der Waals surface area contributed by atoms with E-state index in [9.17, 15) is 0 Å². The van der Waals surface area contributed by atoms with Crippen molar-refractivity contribution in [2.45, 2.75) is 31.6 Å². The maximum Gasteiger partial charge on any atom is 0.163 e. The standard InChI is InChI=1S/C22H23N5S/c23-22(12-15-9-10-15)26-20(25-13-17-8-4-5-11-24-17)19-18(14-28-21(19)27-22)16-6-2-1-3-7-16/h1-8,11,14-15,27H,9-10,12-13,23H2,(H,25,26). The molecular weight excluding hydrogens is 366 g/mol. The van der Waals surface area contributed by atoms with Crippen LogP contribution in [0.4, 0.5) is 5.00 Å². The topological polar surface area (TPSA) is 75.3 Å². The molecule has 142 valence electrons. The smallest absolute Gasteiger partial charge is 0.163 e.